The van der Waals surface area contributed by atoms with Gasteiger partial charge < -0.3 is 4.57 Å². The Kier molecular flexibility index (Phi) is 2.26. The van der Waals surface area contributed by atoms with Gasteiger partial charge in [-0.2, -0.15) is 0 Å². The van der Waals surface area contributed by atoms with E-state index in [2.05, 4.69) is 9.97 Å². The predicted octanol–water partition coefficient (Wildman–Crippen LogP) is 2.51. The summed E-state index contributed by atoms with van der Waals surface area (Å²) < 4.78 is 2.82. The van der Waals surface area contributed by atoms with Crippen molar-refractivity contribution >= 4 is 27.8 Å². The zero-order valence-corrected chi connectivity index (χ0v) is 9.94. The van der Waals surface area contributed by atoms with Gasteiger partial charge in [-0.05, 0) is 6.07 Å². The van der Waals surface area contributed by atoms with Crippen LogP contribution in [0, 0.1) is 0 Å². The Hall–Kier alpha value is -2.01. The lowest BCUT2D eigenvalue weighted by atomic mass is 10.1. The second-order valence-corrected chi connectivity index (χ2v) is 4.57. The molecular weight excluding hydrogens is 234 g/mol. The van der Waals surface area contributed by atoms with E-state index in [9.17, 15) is 4.79 Å². The summed E-state index contributed by atoms with van der Waals surface area (Å²) in [6, 6.07) is 5.92. The van der Waals surface area contributed by atoms with Crippen molar-refractivity contribution in [2.24, 2.45) is 7.05 Å². The third kappa shape index (κ3) is 1.55. The summed E-state index contributed by atoms with van der Waals surface area (Å²) in [6.45, 7) is 0. The Morgan fingerprint density at radius 1 is 1.41 bits per heavy atom. The van der Waals surface area contributed by atoms with Gasteiger partial charge in [0, 0.05) is 18.8 Å². The third-order valence-corrected chi connectivity index (χ3v) is 3.53. The van der Waals surface area contributed by atoms with Crippen LogP contribution in [0.3, 0.4) is 0 Å². The minimum Gasteiger partial charge on any atom is -0.331 e. The number of hydrogen-bond acceptors (Lipinski definition) is 4. The van der Waals surface area contributed by atoms with Crippen molar-refractivity contribution < 1.29 is 4.79 Å². The lowest BCUT2D eigenvalue weighted by Crippen LogP contribution is -1.92. The Balaban J connectivity index is 2.26. The molecule has 0 bridgehead atoms. The van der Waals surface area contributed by atoms with Crippen molar-refractivity contribution in [2.45, 2.75) is 0 Å². The van der Waals surface area contributed by atoms with Crippen LogP contribution in [0.15, 0.2) is 29.9 Å². The zero-order chi connectivity index (χ0) is 11.8. The van der Waals surface area contributed by atoms with Gasteiger partial charge in [-0.1, -0.05) is 12.1 Å². The van der Waals surface area contributed by atoms with E-state index < -0.39 is 0 Å². The standard InChI is InChI=1S/C12H9N3OS/c1-15-5-10(14-11(15)6-16)8-3-2-4-9-12(8)17-7-13-9/h2-7H,1H3. The molecule has 0 atom stereocenters. The van der Waals surface area contributed by atoms with Crippen molar-refractivity contribution in [1.82, 2.24) is 14.5 Å². The maximum absolute atomic E-state index is 10.8. The summed E-state index contributed by atoms with van der Waals surface area (Å²) in [5.41, 5.74) is 4.61. The number of benzene rings is 1. The summed E-state index contributed by atoms with van der Waals surface area (Å²) in [4.78, 5) is 19.4. The molecule has 0 fully saturated rings. The molecule has 5 heteroatoms. The minimum atomic E-state index is 0.432. The molecule has 0 saturated heterocycles. The molecular formula is C12H9N3OS. The molecule has 2 heterocycles. The van der Waals surface area contributed by atoms with E-state index in [0.717, 1.165) is 27.8 Å². The SMILES string of the molecule is Cn1cc(-c2cccc3ncsc23)nc1C=O. The van der Waals surface area contributed by atoms with Crippen molar-refractivity contribution in [3.8, 4) is 11.3 Å². The van der Waals surface area contributed by atoms with Crippen LogP contribution in [0.25, 0.3) is 21.5 Å². The molecule has 0 unspecified atom stereocenters. The van der Waals surface area contributed by atoms with Gasteiger partial charge in [-0.25, -0.2) is 9.97 Å². The second-order valence-electron chi connectivity index (χ2n) is 3.72. The molecule has 3 aromatic rings. The number of imidazole rings is 1. The van der Waals surface area contributed by atoms with Crippen LogP contribution in [-0.2, 0) is 7.05 Å². The molecule has 0 aliphatic rings. The Labute approximate surface area is 102 Å². The number of thiazole rings is 1. The monoisotopic (exact) mass is 243 g/mol. The predicted molar refractivity (Wildman–Crippen MR) is 67.2 cm³/mol. The van der Waals surface area contributed by atoms with Gasteiger partial charge >= 0.3 is 0 Å². The molecule has 1 aromatic carbocycles. The van der Waals surface area contributed by atoms with Crippen molar-refractivity contribution in [3.05, 3.63) is 35.7 Å². The van der Waals surface area contributed by atoms with E-state index in [1.54, 1.807) is 15.9 Å². The number of nitrogens with zero attached hydrogens (tertiary/aromatic N) is 3. The maximum atomic E-state index is 10.8. The summed E-state index contributed by atoms with van der Waals surface area (Å²) >= 11 is 1.58. The number of fused-ring (bicyclic) bond motifs is 1. The molecule has 0 spiro atoms. The first-order chi connectivity index (χ1) is 8.29. The molecule has 0 aliphatic heterocycles. The van der Waals surface area contributed by atoms with E-state index in [1.165, 1.54) is 0 Å². The molecule has 4 nitrogen and oxygen atoms in total. The van der Waals surface area contributed by atoms with Gasteiger partial charge in [0.2, 0.25) is 0 Å². The highest BCUT2D eigenvalue weighted by atomic mass is 32.1. The molecule has 84 valence electrons. The topological polar surface area (TPSA) is 47.8 Å². The van der Waals surface area contributed by atoms with Crippen LogP contribution in [0.5, 0.6) is 0 Å². The fraction of sp³-hybridized carbons (Fsp3) is 0.0833. The first kappa shape index (κ1) is 10.2. The molecule has 0 radical (unpaired) electrons. The third-order valence-electron chi connectivity index (χ3n) is 2.65. The number of aromatic nitrogens is 3. The number of carbonyl (C=O) groups excluding carboxylic acids is 1. The number of rotatable bonds is 2. The summed E-state index contributed by atoms with van der Waals surface area (Å²) in [7, 11) is 1.81. The van der Waals surface area contributed by atoms with E-state index in [-0.39, 0.29) is 0 Å². The highest BCUT2D eigenvalue weighted by Crippen LogP contribution is 2.30. The highest BCUT2D eigenvalue weighted by Gasteiger charge is 2.10. The maximum Gasteiger partial charge on any atom is 0.185 e. The molecule has 0 aliphatic carbocycles. The second kappa shape index (κ2) is 3.78. The van der Waals surface area contributed by atoms with E-state index in [4.69, 9.17) is 0 Å². The smallest absolute Gasteiger partial charge is 0.185 e. The number of aldehydes is 1. The van der Waals surface area contributed by atoms with Crippen LogP contribution >= 0.6 is 11.3 Å². The average molecular weight is 243 g/mol. The van der Waals surface area contributed by atoms with Gasteiger partial charge in [0.1, 0.15) is 0 Å². The van der Waals surface area contributed by atoms with Crippen molar-refractivity contribution in [1.29, 1.82) is 0 Å². The molecule has 2 aromatic heterocycles. The van der Waals surface area contributed by atoms with Gasteiger partial charge in [0.05, 0.1) is 21.4 Å². The fourth-order valence-corrected chi connectivity index (χ4v) is 2.62. The average Bonchev–Trinajstić information content (AvgIpc) is 2.94. The van der Waals surface area contributed by atoms with E-state index in [1.807, 2.05) is 37.0 Å². The Morgan fingerprint density at radius 3 is 3.06 bits per heavy atom. The molecule has 0 saturated carbocycles. The lowest BCUT2D eigenvalue weighted by molar-refractivity contribution is 0.111. The minimum absolute atomic E-state index is 0.432. The fourth-order valence-electron chi connectivity index (χ4n) is 1.81. The van der Waals surface area contributed by atoms with Crippen LogP contribution < -0.4 is 0 Å². The van der Waals surface area contributed by atoms with E-state index in [0.29, 0.717) is 5.82 Å². The Morgan fingerprint density at radius 2 is 2.29 bits per heavy atom. The van der Waals surface area contributed by atoms with Crippen LogP contribution in [-0.4, -0.2) is 20.8 Å². The van der Waals surface area contributed by atoms with Crippen LogP contribution in [0.1, 0.15) is 10.6 Å². The highest BCUT2D eigenvalue weighted by molar-refractivity contribution is 7.17. The zero-order valence-electron chi connectivity index (χ0n) is 9.12. The summed E-state index contributed by atoms with van der Waals surface area (Å²) in [5.74, 6) is 0.432. The number of carbonyl (C=O) groups is 1. The van der Waals surface area contributed by atoms with Crippen LogP contribution in [0.4, 0.5) is 0 Å². The number of aryl methyl sites for hydroxylation is 1. The van der Waals surface area contributed by atoms with Crippen molar-refractivity contribution in [3.63, 3.8) is 0 Å². The van der Waals surface area contributed by atoms with Gasteiger partial charge in [0.15, 0.2) is 12.1 Å². The van der Waals surface area contributed by atoms with Gasteiger partial charge in [0.25, 0.3) is 0 Å². The molecule has 0 amide bonds. The van der Waals surface area contributed by atoms with Gasteiger partial charge in [-0.15, -0.1) is 11.3 Å². The first-order valence-corrected chi connectivity index (χ1v) is 5.98. The lowest BCUT2D eigenvalue weighted by Gasteiger charge is -1.97. The largest absolute Gasteiger partial charge is 0.331 e. The summed E-state index contributed by atoms with van der Waals surface area (Å²) in [6.07, 6.45) is 2.62. The number of hydrogen-bond donors (Lipinski definition) is 0. The van der Waals surface area contributed by atoms with E-state index >= 15 is 0 Å². The quantitative estimate of drug-likeness (QED) is 0.650. The van der Waals surface area contributed by atoms with Gasteiger partial charge in [-0.3, -0.25) is 4.79 Å². The molecule has 17 heavy (non-hydrogen) atoms. The normalized spacial score (nSPS) is 10.9. The first-order valence-electron chi connectivity index (χ1n) is 5.10. The van der Waals surface area contributed by atoms with Crippen molar-refractivity contribution in [2.75, 3.05) is 0 Å². The van der Waals surface area contributed by atoms with Crippen LogP contribution in [0.2, 0.25) is 0 Å². The molecule has 3 rings (SSSR count). The Bertz CT molecular complexity index is 699. The summed E-state index contributed by atoms with van der Waals surface area (Å²) in [5, 5.41) is 0. The molecule has 0 N–H and O–H groups in total.